The summed E-state index contributed by atoms with van der Waals surface area (Å²) < 4.78 is 39.6. The van der Waals surface area contributed by atoms with E-state index in [-0.39, 0.29) is 5.92 Å². The topological polar surface area (TPSA) is 0 Å². The summed E-state index contributed by atoms with van der Waals surface area (Å²) in [5.41, 5.74) is 0.582. The van der Waals surface area contributed by atoms with Crippen LogP contribution < -0.4 is 0 Å². The normalized spacial score (nSPS) is 25.3. The molecule has 0 aromatic heterocycles. The van der Waals surface area contributed by atoms with Crippen LogP contribution in [0.4, 0.5) is 13.2 Å². The molecule has 106 valence electrons. The third-order valence-corrected chi connectivity index (χ3v) is 4.64. The van der Waals surface area contributed by atoms with E-state index in [0.29, 0.717) is 11.5 Å². The molecule has 0 spiro atoms. The Morgan fingerprint density at radius 2 is 1.79 bits per heavy atom. The molecule has 3 atom stereocenters. The van der Waals surface area contributed by atoms with Gasteiger partial charge in [0.15, 0.2) is 17.5 Å². The first-order chi connectivity index (χ1) is 9.02. The average molecular weight is 270 g/mol. The highest BCUT2D eigenvalue weighted by Crippen LogP contribution is 2.39. The maximum absolute atomic E-state index is 13.3. The Bertz CT molecular complexity index is 419. The van der Waals surface area contributed by atoms with Crippen molar-refractivity contribution in [1.29, 1.82) is 0 Å². The summed E-state index contributed by atoms with van der Waals surface area (Å²) in [6.07, 6.45) is 5.80. The SMILES string of the molecule is CCC1CCCC(C(C)c2cc(F)c(F)c(F)c2)C1. The quantitative estimate of drug-likeness (QED) is 0.643. The Kier molecular flexibility index (Phi) is 4.54. The van der Waals surface area contributed by atoms with Crippen LogP contribution in [-0.4, -0.2) is 0 Å². The average Bonchev–Trinajstić information content (AvgIpc) is 2.43. The highest BCUT2D eigenvalue weighted by molar-refractivity contribution is 5.23. The van der Waals surface area contributed by atoms with Gasteiger partial charge in [0, 0.05) is 0 Å². The molecule has 1 aromatic carbocycles. The van der Waals surface area contributed by atoms with Gasteiger partial charge in [-0.05, 0) is 48.3 Å². The van der Waals surface area contributed by atoms with Crippen LogP contribution in [0.25, 0.3) is 0 Å². The third-order valence-electron chi connectivity index (χ3n) is 4.64. The van der Waals surface area contributed by atoms with Gasteiger partial charge in [-0.25, -0.2) is 13.2 Å². The van der Waals surface area contributed by atoms with E-state index in [9.17, 15) is 13.2 Å². The van der Waals surface area contributed by atoms with Crippen molar-refractivity contribution in [3.05, 3.63) is 35.1 Å². The highest BCUT2D eigenvalue weighted by atomic mass is 19.2. The summed E-state index contributed by atoms with van der Waals surface area (Å²) in [6.45, 7) is 4.18. The van der Waals surface area contributed by atoms with Crippen molar-refractivity contribution < 1.29 is 13.2 Å². The molecule has 1 fully saturated rings. The zero-order chi connectivity index (χ0) is 14.0. The van der Waals surface area contributed by atoms with Crippen molar-refractivity contribution in [3.8, 4) is 0 Å². The van der Waals surface area contributed by atoms with Gasteiger partial charge in [-0.15, -0.1) is 0 Å². The molecule has 3 unspecified atom stereocenters. The minimum atomic E-state index is -1.37. The summed E-state index contributed by atoms with van der Waals surface area (Å²) >= 11 is 0. The largest absolute Gasteiger partial charge is 0.204 e. The molecular weight excluding hydrogens is 249 g/mol. The molecule has 0 aliphatic heterocycles. The molecule has 1 aromatic rings. The van der Waals surface area contributed by atoms with Gasteiger partial charge in [0.05, 0.1) is 0 Å². The smallest absolute Gasteiger partial charge is 0.194 e. The molecule has 0 heterocycles. The summed E-state index contributed by atoms with van der Waals surface area (Å²) in [7, 11) is 0. The molecule has 0 bridgehead atoms. The van der Waals surface area contributed by atoms with E-state index in [4.69, 9.17) is 0 Å². The Morgan fingerprint density at radius 1 is 1.16 bits per heavy atom. The molecule has 0 amide bonds. The second-order valence-corrected chi connectivity index (χ2v) is 5.79. The van der Waals surface area contributed by atoms with E-state index in [2.05, 4.69) is 6.92 Å². The fourth-order valence-electron chi connectivity index (χ4n) is 3.27. The number of hydrogen-bond donors (Lipinski definition) is 0. The lowest BCUT2D eigenvalue weighted by Crippen LogP contribution is -2.20. The van der Waals surface area contributed by atoms with Gasteiger partial charge >= 0.3 is 0 Å². The van der Waals surface area contributed by atoms with Crippen molar-refractivity contribution in [3.63, 3.8) is 0 Å². The second kappa shape index (κ2) is 5.98. The molecule has 0 radical (unpaired) electrons. The summed E-state index contributed by atoms with van der Waals surface area (Å²) in [5.74, 6) is -2.28. The Balaban J connectivity index is 2.17. The standard InChI is InChI=1S/C16H21F3/c1-3-11-5-4-6-12(7-11)10(2)13-8-14(17)16(19)15(18)9-13/h8-12H,3-7H2,1-2H3. The molecule has 1 saturated carbocycles. The number of rotatable bonds is 3. The van der Waals surface area contributed by atoms with Crippen molar-refractivity contribution in [2.75, 3.05) is 0 Å². The molecule has 1 aliphatic rings. The second-order valence-electron chi connectivity index (χ2n) is 5.79. The third kappa shape index (κ3) is 3.13. The first-order valence-electron chi connectivity index (χ1n) is 7.17. The Labute approximate surface area is 113 Å². The van der Waals surface area contributed by atoms with E-state index in [0.717, 1.165) is 37.3 Å². The van der Waals surface area contributed by atoms with Crippen molar-refractivity contribution in [2.24, 2.45) is 11.8 Å². The van der Waals surface area contributed by atoms with Crippen molar-refractivity contribution in [1.82, 2.24) is 0 Å². The number of halogens is 3. The van der Waals surface area contributed by atoms with E-state index in [1.54, 1.807) is 0 Å². The molecule has 2 rings (SSSR count). The molecule has 0 N–H and O–H groups in total. The summed E-state index contributed by atoms with van der Waals surface area (Å²) in [6, 6.07) is 2.30. The lowest BCUT2D eigenvalue weighted by molar-refractivity contribution is 0.234. The van der Waals surface area contributed by atoms with Crippen LogP contribution in [-0.2, 0) is 0 Å². The van der Waals surface area contributed by atoms with E-state index in [1.165, 1.54) is 12.8 Å². The molecule has 1 aliphatic carbocycles. The van der Waals surface area contributed by atoms with Crippen LogP contribution in [0.3, 0.4) is 0 Å². The molecule has 0 saturated heterocycles. The van der Waals surface area contributed by atoms with Crippen LogP contribution >= 0.6 is 0 Å². The summed E-state index contributed by atoms with van der Waals surface area (Å²) in [4.78, 5) is 0. The molecule has 0 nitrogen and oxygen atoms in total. The van der Waals surface area contributed by atoms with Gasteiger partial charge in [0.2, 0.25) is 0 Å². The Hall–Kier alpha value is -0.990. The first kappa shape index (κ1) is 14.4. The zero-order valence-corrected chi connectivity index (χ0v) is 11.6. The minimum Gasteiger partial charge on any atom is -0.204 e. The van der Waals surface area contributed by atoms with Crippen LogP contribution in [0.5, 0.6) is 0 Å². The maximum atomic E-state index is 13.3. The molecule has 19 heavy (non-hydrogen) atoms. The van der Waals surface area contributed by atoms with Gasteiger partial charge in [0.1, 0.15) is 0 Å². The van der Waals surface area contributed by atoms with Gasteiger partial charge < -0.3 is 0 Å². The van der Waals surface area contributed by atoms with Crippen molar-refractivity contribution >= 4 is 0 Å². The lowest BCUT2D eigenvalue weighted by atomic mass is 9.73. The highest BCUT2D eigenvalue weighted by Gasteiger charge is 2.27. The van der Waals surface area contributed by atoms with Crippen molar-refractivity contribution in [2.45, 2.75) is 51.9 Å². The predicted molar refractivity (Wildman–Crippen MR) is 70.5 cm³/mol. The lowest BCUT2D eigenvalue weighted by Gasteiger charge is -2.33. The molecule has 3 heteroatoms. The van der Waals surface area contributed by atoms with E-state index < -0.39 is 17.5 Å². The van der Waals surface area contributed by atoms with Gasteiger partial charge in [-0.3, -0.25) is 0 Å². The fourth-order valence-corrected chi connectivity index (χ4v) is 3.27. The minimum absolute atomic E-state index is 0.0824. The van der Waals surface area contributed by atoms with Gasteiger partial charge in [0.25, 0.3) is 0 Å². The summed E-state index contributed by atoms with van der Waals surface area (Å²) in [5, 5.41) is 0. The molecular formula is C16H21F3. The van der Waals surface area contributed by atoms with E-state index >= 15 is 0 Å². The van der Waals surface area contributed by atoms with Gasteiger partial charge in [-0.2, -0.15) is 0 Å². The maximum Gasteiger partial charge on any atom is 0.194 e. The van der Waals surface area contributed by atoms with Crippen LogP contribution in [0.15, 0.2) is 12.1 Å². The number of benzene rings is 1. The first-order valence-corrected chi connectivity index (χ1v) is 7.17. The predicted octanol–water partition coefficient (Wildman–Crippen LogP) is 5.42. The Morgan fingerprint density at radius 3 is 2.37 bits per heavy atom. The van der Waals surface area contributed by atoms with E-state index in [1.807, 2.05) is 6.92 Å². The fraction of sp³-hybridized carbons (Fsp3) is 0.625. The van der Waals surface area contributed by atoms with Gasteiger partial charge in [-0.1, -0.05) is 33.1 Å². The monoisotopic (exact) mass is 270 g/mol. The zero-order valence-electron chi connectivity index (χ0n) is 11.6. The van der Waals surface area contributed by atoms with Crippen LogP contribution in [0.1, 0.15) is 57.4 Å². The van der Waals surface area contributed by atoms with Crippen LogP contribution in [0, 0.1) is 29.3 Å². The van der Waals surface area contributed by atoms with Crippen LogP contribution in [0.2, 0.25) is 0 Å². The number of hydrogen-bond acceptors (Lipinski definition) is 0.